The number of piperidine rings is 1. The highest BCUT2D eigenvalue weighted by molar-refractivity contribution is 5.90. The van der Waals surface area contributed by atoms with Crippen LogP contribution in [0, 0.1) is 12.8 Å². The van der Waals surface area contributed by atoms with Gasteiger partial charge in [0.1, 0.15) is 11.3 Å². The second-order valence-corrected chi connectivity index (χ2v) is 10.1. The Morgan fingerprint density at radius 2 is 1.92 bits per heavy atom. The number of likely N-dealkylation sites (tertiary alicyclic amines) is 1. The van der Waals surface area contributed by atoms with E-state index >= 15 is 0 Å². The fourth-order valence-electron chi connectivity index (χ4n) is 5.38. The van der Waals surface area contributed by atoms with Crippen molar-refractivity contribution < 1.29 is 28.6 Å². The van der Waals surface area contributed by atoms with Gasteiger partial charge >= 0.3 is 5.63 Å². The number of aryl methyl sites for hydroxylation is 2. The average Bonchev–Trinajstić information content (AvgIpc) is 2.87. The molecule has 2 heterocycles. The Bertz CT molecular complexity index is 1240. The van der Waals surface area contributed by atoms with E-state index in [1.54, 1.807) is 17.0 Å². The van der Waals surface area contributed by atoms with E-state index in [-0.39, 0.29) is 31.5 Å². The number of amides is 3. The van der Waals surface area contributed by atoms with Crippen LogP contribution in [0.25, 0.3) is 11.0 Å². The molecule has 4 rings (SSSR count). The summed E-state index contributed by atoms with van der Waals surface area (Å²) in [6.07, 6.45) is 4.93. The smallest absolute Gasteiger partial charge is 0.336 e. The second-order valence-electron chi connectivity index (χ2n) is 10.1. The minimum Gasteiger partial charge on any atom is -0.483 e. The Morgan fingerprint density at radius 3 is 2.70 bits per heavy atom. The molecule has 2 atom stereocenters. The molecule has 3 amide bonds. The number of benzene rings is 1. The third-order valence-electron chi connectivity index (χ3n) is 7.44. The van der Waals surface area contributed by atoms with Gasteiger partial charge in [-0.25, -0.2) is 4.79 Å². The first-order valence-electron chi connectivity index (χ1n) is 12.9. The van der Waals surface area contributed by atoms with Gasteiger partial charge in [-0.1, -0.05) is 19.8 Å². The average molecular weight is 514 g/mol. The van der Waals surface area contributed by atoms with E-state index in [1.807, 2.05) is 13.8 Å². The van der Waals surface area contributed by atoms with Gasteiger partial charge in [-0.05, 0) is 55.9 Å². The lowest BCUT2D eigenvalue weighted by atomic mass is 9.71. The van der Waals surface area contributed by atoms with Crippen molar-refractivity contribution in [2.45, 2.75) is 58.0 Å². The quantitative estimate of drug-likeness (QED) is 0.454. The van der Waals surface area contributed by atoms with Crippen LogP contribution < -0.4 is 21.0 Å². The van der Waals surface area contributed by atoms with Crippen LogP contribution in [0.15, 0.2) is 27.4 Å². The molecule has 1 aromatic heterocycles. The Labute approximate surface area is 215 Å². The van der Waals surface area contributed by atoms with Crippen LogP contribution in [0.4, 0.5) is 0 Å². The summed E-state index contributed by atoms with van der Waals surface area (Å²) in [6, 6.07) is 4.92. The first kappa shape index (κ1) is 26.7. The molecule has 0 radical (unpaired) electrons. The summed E-state index contributed by atoms with van der Waals surface area (Å²) in [4.78, 5) is 50.6. The fourth-order valence-corrected chi connectivity index (χ4v) is 5.38. The number of hydrogen-bond donors (Lipinski definition) is 3. The highest BCUT2D eigenvalue weighted by Crippen LogP contribution is 2.39. The van der Waals surface area contributed by atoms with E-state index in [0.717, 1.165) is 36.8 Å². The van der Waals surface area contributed by atoms with Gasteiger partial charge < -0.3 is 29.8 Å². The van der Waals surface area contributed by atoms with Gasteiger partial charge in [0, 0.05) is 25.1 Å². The lowest BCUT2D eigenvalue weighted by molar-refractivity contribution is -0.143. The van der Waals surface area contributed by atoms with E-state index in [1.165, 1.54) is 6.07 Å². The molecule has 37 heavy (non-hydrogen) atoms. The Kier molecular flexibility index (Phi) is 8.16. The summed E-state index contributed by atoms with van der Waals surface area (Å²) < 4.78 is 11.0. The van der Waals surface area contributed by atoms with Crippen molar-refractivity contribution in [2.75, 3.05) is 32.8 Å². The number of hydrogen-bond acceptors (Lipinski definition) is 7. The summed E-state index contributed by atoms with van der Waals surface area (Å²) >= 11 is 0. The Morgan fingerprint density at radius 1 is 1.14 bits per heavy atom. The minimum atomic E-state index is -0.665. The van der Waals surface area contributed by atoms with E-state index < -0.39 is 23.0 Å². The maximum Gasteiger partial charge on any atom is 0.336 e. The lowest BCUT2D eigenvalue weighted by Crippen LogP contribution is -2.56. The first-order chi connectivity index (χ1) is 17.7. The van der Waals surface area contributed by atoms with Gasteiger partial charge in [0.05, 0.1) is 24.1 Å². The van der Waals surface area contributed by atoms with Crippen LogP contribution in [0.2, 0.25) is 0 Å². The zero-order valence-electron chi connectivity index (χ0n) is 21.4. The molecule has 200 valence electrons. The second kappa shape index (κ2) is 11.3. The maximum atomic E-state index is 12.6. The number of carbonyl (C=O) groups excluding carboxylic acids is 3. The summed E-state index contributed by atoms with van der Waals surface area (Å²) in [6.45, 7) is 3.96. The summed E-state index contributed by atoms with van der Waals surface area (Å²) in [5, 5.41) is 16.5. The molecular formula is C27H35N3O7. The minimum absolute atomic E-state index is 0.0869. The lowest BCUT2D eigenvalue weighted by Gasteiger charge is -2.47. The molecule has 0 bridgehead atoms. The van der Waals surface area contributed by atoms with Gasteiger partial charge in [0.2, 0.25) is 11.8 Å². The molecule has 3 N–H and O–H groups in total. The molecular weight excluding hydrogens is 478 g/mol. The number of aliphatic hydroxyl groups is 1. The van der Waals surface area contributed by atoms with E-state index in [0.29, 0.717) is 42.6 Å². The van der Waals surface area contributed by atoms with Crippen molar-refractivity contribution in [1.29, 1.82) is 0 Å². The van der Waals surface area contributed by atoms with E-state index in [2.05, 4.69) is 10.6 Å². The summed E-state index contributed by atoms with van der Waals surface area (Å²) in [5.41, 5.74) is 0.851. The molecule has 0 unspecified atom stereocenters. The molecule has 10 nitrogen and oxygen atoms in total. The van der Waals surface area contributed by atoms with Crippen molar-refractivity contribution in [3.8, 4) is 5.75 Å². The normalized spacial score (nSPS) is 21.3. The zero-order chi connectivity index (χ0) is 26.6. The van der Waals surface area contributed by atoms with Crippen LogP contribution in [-0.2, 0) is 20.8 Å². The third-order valence-corrected chi connectivity index (χ3v) is 7.44. The highest BCUT2D eigenvalue weighted by atomic mass is 16.5. The topological polar surface area (TPSA) is 138 Å². The van der Waals surface area contributed by atoms with Crippen molar-refractivity contribution in [3.05, 3.63) is 39.7 Å². The molecule has 1 aromatic carbocycles. The molecule has 2 aliphatic rings. The van der Waals surface area contributed by atoms with Crippen LogP contribution >= 0.6 is 0 Å². The molecule has 1 aliphatic carbocycles. The molecule has 1 aliphatic heterocycles. The van der Waals surface area contributed by atoms with Crippen molar-refractivity contribution >= 4 is 28.7 Å². The van der Waals surface area contributed by atoms with E-state index in [9.17, 15) is 24.3 Å². The van der Waals surface area contributed by atoms with Crippen molar-refractivity contribution in [3.63, 3.8) is 0 Å². The SMILES string of the molecule is CCc1cc(=O)oc2cc(C)cc(OCC(=O)NCC(=O)NCC(=O)N3CC[C@@]4(O)CCCC[C@H]4C3)c12. The third kappa shape index (κ3) is 6.30. The highest BCUT2D eigenvalue weighted by Gasteiger charge is 2.43. The number of fused-ring (bicyclic) bond motifs is 2. The Hall–Kier alpha value is -3.40. The molecule has 1 saturated carbocycles. The number of rotatable bonds is 8. The molecule has 1 saturated heterocycles. The largest absolute Gasteiger partial charge is 0.483 e. The first-order valence-corrected chi connectivity index (χ1v) is 12.9. The van der Waals surface area contributed by atoms with Gasteiger partial charge in [-0.15, -0.1) is 0 Å². The van der Waals surface area contributed by atoms with Crippen LogP contribution in [0.3, 0.4) is 0 Å². The molecule has 10 heteroatoms. The van der Waals surface area contributed by atoms with Crippen LogP contribution in [0.1, 0.15) is 50.2 Å². The van der Waals surface area contributed by atoms with Gasteiger partial charge in [-0.2, -0.15) is 0 Å². The summed E-state index contributed by atoms with van der Waals surface area (Å²) in [7, 11) is 0. The predicted octanol–water partition coefficient (Wildman–Crippen LogP) is 1.43. The number of carbonyl (C=O) groups is 3. The molecule has 0 spiro atoms. The number of nitrogens with one attached hydrogen (secondary N) is 2. The number of ether oxygens (including phenoxy) is 1. The predicted molar refractivity (Wildman–Crippen MR) is 136 cm³/mol. The monoisotopic (exact) mass is 513 g/mol. The summed E-state index contributed by atoms with van der Waals surface area (Å²) in [5.74, 6) is -0.667. The van der Waals surface area contributed by atoms with Gasteiger partial charge in [-0.3, -0.25) is 14.4 Å². The van der Waals surface area contributed by atoms with Gasteiger partial charge in [0.25, 0.3) is 5.91 Å². The standard InChI is InChI=1S/C27H35N3O7/c1-3-18-12-25(34)37-21-11-17(2)10-20(26(18)21)36-16-23(32)28-13-22(31)29-14-24(33)30-9-8-27(35)7-5-4-6-19(27)15-30/h10-12,19,35H,3-9,13-16H2,1-2H3,(H,28,32)(H,29,31)/t19-,27-/m0/s1. The fraction of sp³-hybridized carbons (Fsp3) is 0.556. The van der Waals surface area contributed by atoms with Crippen LogP contribution in [0.5, 0.6) is 5.75 Å². The maximum absolute atomic E-state index is 12.6. The zero-order valence-corrected chi connectivity index (χ0v) is 21.4. The van der Waals surface area contributed by atoms with E-state index in [4.69, 9.17) is 9.15 Å². The Balaban J connectivity index is 1.23. The molecule has 2 fully saturated rings. The van der Waals surface area contributed by atoms with Crippen molar-refractivity contribution in [2.24, 2.45) is 5.92 Å². The number of nitrogens with zero attached hydrogens (tertiary/aromatic N) is 1. The molecule has 2 aromatic rings. The van der Waals surface area contributed by atoms with Crippen LogP contribution in [-0.4, -0.2) is 66.1 Å². The van der Waals surface area contributed by atoms with Crippen molar-refractivity contribution in [1.82, 2.24) is 15.5 Å². The van der Waals surface area contributed by atoms with Gasteiger partial charge in [0.15, 0.2) is 6.61 Å².